The van der Waals surface area contributed by atoms with Crippen LogP contribution < -0.4 is 0 Å². The van der Waals surface area contributed by atoms with Crippen LogP contribution in [0.2, 0.25) is 0 Å². The van der Waals surface area contributed by atoms with Crippen molar-refractivity contribution in [3.05, 3.63) is 11.8 Å². The van der Waals surface area contributed by atoms with Crippen LogP contribution in [-0.2, 0) is 14.3 Å². The molecule has 1 aliphatic heterocycles. The molecule has 0 aromatic rings. The summed E-state index contributed by atoms with van der Waals surface area (Å²) in [4.78, 5) is 24.0. The summed E-state index contributed by atoms with van der Waals surface area (Å²) in [5, 5.41) is 8.61. The largest absolute Gasteiger partial charge is 0.500 e. The van der Waals surface area contributed by atoms with E-state index in [9.17, 15) is 9.59 Å². The Morgan fingerprint density at radius 3 is 2.69 bits per heavy atom. The Morgan fingerprint density at radius 2 is 2.25 bits per heavy atom. The first-order valence-corrected chi connectivity index (χ1v) is 5.35. The van der Waals surface area contributed by atoms with Gasteiger partial charge in [0.15, 0.2) is 0 Å². The molecule has 0 spiro atoms. The number of carbonyl (C=O) groups excluding carboxylic acids is 1. The van der Waals surface area contributed by atoms with Crippen molar-refractivity contribution in [3.8, 4) is 0 Å². The van der Waals surface area contributed by atoms with E-state index in [1.807, 2.05) is 13.8 Å². The van der Waals surface area contributed by atoms with Crippen molar-refractivity contribution in [3.63, 3.8) is 0 Å². The van der Waals surface area contributed by atoms with Gasteiger partial charge in [0.25, 0.3) is 5.91 Å². The lowest BCUT2D eigenvalue weighted by Gasteiger charge is -2.26. The van der Waals surface area contributed by atoms with Crippen molar-refractivity contribution in [2.75, 3.05) is 13.2 Å². The van der Waals surface area contributed by atoms with Crippen molar-refractivity contribution in [1.82, 2.24) is 4.90 Å². The molecule has 0 aliphatic carbocycles. The average molecular weight is 227 g/mol. The second-order valence-electron chi connectivity index (χ2n) is 4.00. The average Bonchev–Trinajstić information content (AvgIpc) is 2.69. The first-order chi connectivity index (χ1) is 7.52. The highest BCUT2D eigenvalue weighted by Gasteiger charge is 2.23. The molecule has 0 fully saturated rings. The van der Waals surface area contributed by atoms with E-state index in [4.69, 9.17) is 9.84 Å². The zero-order chi connectivity index (χ0) is 12.1. The molecule has 1 heterocycles. The summed E-state index contributed by atoms with van der Waals surface area (Å²) in [6, 6.07) is -0.00616. The number of hydrogen-bond acceptors (Lipinski definition) is 3. The van der Waals surface area contributed by atoms with Crippen molar-refractivity contribution < 1.29 is 19.4 Å². The highest BCUT2D eigenvalue weighted by atomic mass is 16.5. The zero-order valence-corrected chi connectivity index (χ0v) is 9.60. The Labute approximate surface area is 94.7 Å². The molecule has 0 radical (unpaired) electrons. The van der Waals surface area contributed by atoms with Gasteiger partial charge in [-0.2, -0.15) is 0 Å². The van der Waals surface area contributed by atoms with Crippen LogP contribution >= 0.6 is 0 Å². The van der Waals surface area contributed by atoms with Crippen LogP contribution in [0.4, 0.5) is 0 Å². The second-order valence-corrected chi connectivity index (χ2v) is 4.00. The standard InChI is InChI=1S/C11H17NO4/c1-8(2)12(5-3-10(13)14)11(15)9-4-6-16-7-9/h7-8H,3-6H2,1-2H3,(H,13,14). The summed E-state index contributed by atoms with van der Waals surface area (Å²) < 4.78 is 5.01. The topological polar surface area (TPSA) is 66.8 Å². The molecule has 1 rings (SSSR count). The molecular formula is C11H17NO4. The predicted octanol–water partition coefficient (Wildman–Crippen LogP) is 1.00. The van der Waals surface area contributed by atoms with Gasteiger partial charge in [-0.1, -0.05) is 0 Å². The quantitative estimate of drug-likeness (QED) is 0.761. The van der Waals surface area contributed by atoms with Crippen molar-refractivity contribution in [2.45, 2.75) is 32.7 Å². The van der Waals surface area contributed by atoms with Crippen molar-refractivity contribution in [2.24, 2.45) is 0 Å². The molecule has 0 atom stereocenters. The molecule has 16 heavy (non-hydrogen) atoms. The normalized spacial score (nSPS) is 14.6. The predicted molar refractivity (Wildman–Crippen MR) is 57.8 cm³/mol. The smallest absolute Gasteiger partial charge is 0.305 e. The van der Waals surface area contributed by atoms with E-state index < -0.39 is 5.97 Å². The fourth-order valence-electron chi connectivity index (χ4n) is 1.54. The van der Waals surface area contributed by atoms with Gasteiger partial charge in [-0.3, -0.25) is 9.59 Å². The van der Waals surface area contributed by atoms with Crippen LogP contribution in [0.15, 0.2) is 11.8 Å². The Kier molecular flexibility index (Phi) is 4.34. The number of hydrogen-bond donors (Lipinski definition) is 1. The highest BCUT2D eigenvalue weighted by molar-refractivity contribution is 5.93. The number of amides is 1. The third-order valence-electron chi connectivity index (χ3n) is 2.44. The van der Waals surface area contributed by atoms with Gasteiger partial charge in [-0.05, 0) is 13.8 Å². The van der Waals surface area contributed by atoms with E-state index in [0.717, 1.165) is 0 Å². The molecule has 0 aromatic carbocycles. The van der Waals surface area contributed by atoms with Crippen LogP contribution in [-0.4, -0.2) is 41.1 Å². The minimum atomic E-state index is -0.893. The fourth-order valence-corrected chi connectivity index (χ4v) is 1.54. The molecule has 5 nitrogen and oxygen atoms in total. The van der Waals surface area contributed by atoms with Crippen molar-refractivity contribution in [1.29, 1.82) is 0 Å². The third-order valence-corrected chi connectivity index (χ3v) is 2.44. The minimum Gasteiger partial charge on any atom is -0.500 e. The van der Waals surface area contributed by atoms with E-state index in [-0.39, 0.29) is 24.9 Å². The molecule has 0 unspecified atom stereocenters. The number of rotatable bonds is 5. The molecule has 1 N–H and O–H groups in total. The van der Waals surface area contributed by atoms with E-state index in [2.05, 4.69) is 0 Å². The van der Waals surface area contributed by atoms with Gasteiger partial charge in [0.05, 0.1) is 24.9 Å². The maximum absolute atomic E-state index is 12.0. The van der Waals surface area contributed by atoms with Gasteiger partial charge in [0.1, 0.15) is 0 Å². The maximum atomic E-state index is 12.0. The molecule has 1 amide bonds. The van der Waals surface area contributed by atoms with Gasteiger partial charge >= 0.3 is 5.97 Å². The lowest BCUT2D eigenvalue weighted by atomic mass is 10.1. The number of aliphatic carboxylic acids is 1. The van der Waals surface area contributed by atoms with Gasteiger partial charge in [0, 0.05) is 19.0 Å². The maximum Gasteiger partial charge on any atom is 0.305 e. The number of nitrogens with zero attached hydrogens (tertiary/aromatic N) is 1. The van der Waals surface area contributed by atoms with E-state index >= 15 is 0 Å². The van der Waals surface area contributed by atoms with Gasteiger partial charge in [-0.15, -0.1) is 0 Å². The third kappa shape index (κ3) is 3.25. The molecule has 5 heteroatoms. The summed E-state index contributed by atoms with van der Waals surface area (Å²) in [7, 11) is 0. The first-order valence-electron chi connectivity index (χ1n) is 5.35. The van der Waals surface area contributed by atoms with Crippen LogP contribution in [0.1, 0.15) is 26.7 Å². The number of carboxylic acid groups (broad SMARTS) is 1. The Hall–Kier alpha value is -1.52. The van der Waals surface area contributed by atoms with E-state index in [1.165, 1.54) is 6.26 Å². The van der Waals surface area contributed by atoms with Crippen LogP contribution in [0.5, 0.6) is 0 Å². The first kappa shape index (κ1) is 12.5. The molecule has 0 saturated heterocycles. The second kappa shape index (κ2) is 5.53. The number of carboxylic acids is 1. The molecule has 0 aromatic heterocycles. The molecule has 0 saturated carbocycles. The molecule has 0 bridgehead atoms. The van der Waals surface area contributed by atoms with Crippen LogP contribution in [0, 0.1) is 0 Å². The lowest BCUT2D eigenvalue weighted by Crippen LogP contribution is -2.39. The molecule has 1 aliphatic rings. The van der Waals surface area contributed by atoms with E-state index in [1.54, 1.807) is 4.90 Å². The number of ether oxygens (including phenoxy) is 1. The summed E-state index contributed by atoms with van der Waals surface area (Å²) >= 11 is 0. The Bertz CT molecular complexity index is 309. The number of carbonyl (C=O) groups is 2. The van der Waals surface area contributed by atoms with Crippen LogP contribution in [0.25, 0.3) is 0 Å². The van der Waals surface area contributed by atoms with Crippen molar-refractivity contribution >= 4 is 11.9 Å². The summed E-state index contributed by atoms with van der Waals surface area (Å²) in [5.74, 6) is -1.01. The fraction of sp³-hybridized carbons (Fsp3) is 0.636. The molecular weight excluding hydrogens is 210 g/mol. The van der Waals surface area contributed by atoms with E-state index in [0.29, 0.717) is 18.6 Å². The Balaban J connectivity index is 2.61. The summed E-state index contributed by atoms with van der Waals surface area (Å²) in [6.07, 6.45) is 2.05. The zero-order valence-electron chi connectivity index (χ0n) is 9.60. The lowest BCUT2D eigenvalue weighted by molar-refractivity contribution is -0.138. The van der Waals surface area contributed by atoms with Crippen LogP contribution in [0.3, 0.4) is 0 Å². The monoisotopic (exact) mass is 227 g/mol. The summed E-state index contributed by atoms with van der Waals surface area (Å²) in [6.45, 7) is 4.52. The SMILES string of the molecule is CC(C)N(CCC(=O)O)C(=O)C1=COCC1. The van der Waals surface area contributed by atoms with Gasteiger partial charge < -0.3 is 14.7 Å². The Morgan fingerprint density at radius 1 is 1.56 bits per heavy atom. The van der Waals surface area contributed by atoms with Gasteiger partial charge in [-0.25, -0.2) is 0 Å². The highest BCUT2D eigenvalue weighted by Crippen LogP contribution is 2.15. The minimum absolute atomic E-state index is 0.00616. The molecule has 90 valence electrons. The van der Waals surface area contributed by atoms with Gasteiger partial charge in [0.2, 0.25) is 0 Å². The summed E-state index contributed by atoms with van der Waals surface area (Å²) in [5.41, 5.74) is 0.624.